The molecule has 4 N–H and O–H groups in total. The van der Waals surface area contributed by atoms with E-state index in [4.69, 9.17) is 10.5 Å². The van der Waals surface area contributed by atoms with E-state index < -0.39 is 5.60 Å². The summed E-state index contributed by atoms with van der Waals surface area (Å²) >= 11 is 0. The predicted molar refractivity (Wildman–Crippen MR) is 79.3 cm³/mol. The lowest BCUT2D eigenvalue weighted by atomic mass is 10.0. The first kappa shape index (κ1) is 16.5. The highest BCUT2D eigenvalue weighted by molar-refractivity contribution is 5.76. The van der Waals surface area contributed by atoms with Crippen LogP contribution in [0.3, 0.4) is 0 Å². The molecule has 1 unspecified atom stereocenters. The van der Waals surface area contributed by atoms with Gasteiger partial charge in [-0.1, -0.05) is 12.1 Å². The quantitative estimate of drug-likeness (QED) is 0.623. The highest BCUT2D eigenvalue weighted by Crippen LogP contribution is 2.10. The van der Waals surface area contributed by atoms with Crippen molar-refractivity contribution >= 4 is 11.6 Å². The normalized spacial score (nSPS) is 13.8. The minimum Gasteiger partial charge on any atom is -0.399 e. The average molecular weight is 280 g/mol. The standard InChI is InChI=1S/C15H24N2O3/c1-15(19,8-9-20-2)11-17-14(18)7-6-12-4-3-5-13(16)10-12/h3-5,10,19H,6-9,11,16H2,1-2H3,(H,17,18). The number of benzene rings is 1. The van der Waals surface area contributed by atoms with Crippen LogP contribution in [0.25, 0.3) is 0 Å². The summed E-state index contributed by atoms with van der Waals surface area (Å²) in [6, 6.07) is 7.50. The average Bonchev–Trinajstić information content (AvgIpc) is 2.41. The number of carbonyl (C=O) groups excluding carboxylic acids is 1. The first-order chi connectivity index (χ1) is 9.43. The van der Waals surface area contributed by atoms with Gasteiger partial charge >= 0.3 is 0 Å². The van der Waals surface area contributed by atoms with Crippen LogP contribution in [0.2, 0.25) is 0 Å². The molecular formula is C15H24N2O3. The van der Waals surface area contributed by atoms with Crippen LogP contribution in [0.4, 0.5) is 5.69 Å². The first-order valence-electron chi connectivity index (χ1n) is 6.75. The molecular weight excluding hydrogens is 256 g/mol. The summed E-state index contributed by atoms with van der Waals surface area (Å²) < 4.78 is 4.92. The van der Waals surface area contributed by atoms with E-state index in [1.54, 1.807) is 14.0 Å². The van der Waals surface area contributed by atoms with E-state index in [-0.39, 0.29) is 12.5 Å². The second-order valence-electron chi connectivity index (χ2n) is 5.26. The molecule has 0 fully saturated rings. The lowest BCUT2D eigenvalue weighted by molar-refractivity contribution is -0.122. The second kappa shape index (κ2) is 7.87. The summed E-state index contributed by atoms with van der Waals surface area (Å²) in [6.07, 6.45) is 1.50. The highest BCUT2D eigenvalue weighted by Gasteiger charge is 2.20. The fourth-order valence-corrected chi connectivity index (χ4v) is 1.79. The molecule has 1 rings (SSSR count). The van der Waals surface area contributed by atoms with Gasteiger partial charge in [-0.25, -0.2) is 0 Å². The van der Waals surface area contributed by atoms with Gasteiger partial charge in [0.2, 0.25) is 5.91 Å². The Morgan fingerprint density at radius 2 is 2.25 bits per heavy atom. The molecule has 1 aromatic carbocycles. The van der Waals surface area contributed by atoms with Gasteiger partial charge in [-0.3, -0.25) is 4.79 Å². The molecule has 0 spiro atoms. The van der Waals surface area contributed by atoms with Crippen molar-refractivity contribution in [2.75, 3.05) is 26.0 Å². The molecule has 0 saturated carbocycles. The minimum absolute atomic E-state index is 0.0786. The van der Waals surface area contributed by atoms with Crippen LogP contribution in [-0.2, 0) is 16.0 Å². The molecule has 0 aliphatic heterocycles. The van der Waals surface area contributed by atoms with Crippen molar-refractivity contribution in [3.63, 3.8) is 0 Å². The van der Waals surface area contributed by atoms with E-state index >= 15 is 0 Å². The third-order valence-corrected chi connectivity index (χ3v) is 3.10. The number of carbonyl (C=O) groups is 1. The van der Waals surface area contributed by atoms with Crippen molar-refractivity contribution in [1.82, 2.24) is 5.32 Å². The number of hydrogen-bond donors (Lipinski definition) is 3. The Hall–Kier alpha value is -1.59. The summed E-state index contributed by atoms with van der Waals surface area (Å²) in [7, 11) is 1.58. The van der Waals surface area contributed by atoms with Crippen LogP contribution in [0.15, 0.2) is 24.3 Å². The maximum atomic E-state index is 11.7. The van der Waals surface area contributed by atoms with Gasteiger partial charge in [0.25, 0.3) is 0 Å². The van der Waals surface area contributed by atoms with Crippen molar-refractivity contribution in [3.8, 4) is 0 Å². The molecule has 5 heteroatoms. The van der Waals surface area contributed by atoms with Crippen molar-refractivity contribution in [2.45, 2.75) is 31.8 Å². The van der Waals surface area contributed by atoms with Crippen LogP contribution in [-0.4, -0.2) is 36.9 Å². The lowest BCUT2D eigenvalue weighted by Crippen LogP contribution is -2.41. The van der Waals surface area contributed by atoms with Crippen molar-refractivity contribution in [2.24, 2.45) is 0 Å². The van der Waals surface area contributed by atoms with E-state index in [1.165, 1.54) is 0 Å². The number of hydrogen-bond acceptors (Lipinski definition) is 4. The Balaban J connectivity index is 2.30. The molecule has 112 valence electrons. The van der Waals surface area contributed by atoms with E-state index in [0.717, 1.165) is 5.56 Å². The number of aryl methyl sites for hydroxylation is 1. The molecule has 0 radical (unpaired) electrons. The van der Waals surface area contributed by atoms with E-state index in [1.807, 2.05) is 24.3 Å². The Kier molecular flexibility index (Phi) is 6.48. The van der Waals surface area contributed by atoms with Gasteiger partial charge in [-0.2, -0.15) is 0 Å². The molecule has 0 bridgehead atoms. The molecule has 5 nitrogen and oxygen atoms in total. The summed E-state index contributed by atoms with van der Waals surface area (Å²) in [6.45, 7) is 2.38. The van der Waals surface area contributed by atoms with Gasteiger partial charge in [-0.05, 0) is 31.0 Å². The Labute approximate surface area is 120 Å². The highest BCUT2D eigenvalue weighted by atomic mass is 16.5. The van der Waals surface area contributed by atoms with E-state index in [2.05, 4.69) is 5.32 Å². The molecule has 0 heterocycles. The van der Waals surface area contributed by atoms with Gasteiger partial charge in [0.1, 0.15) is 0 Å². The van der Waals surface area contributed by atoms with Crippen LogP contribution < -0.4 is 11.1 Å². The van der Waals surface area contributed by atoms with E-state index in [9.17, 15) is 9.90 Å². The van der Waals surface area contributed by atoms with Crippen LogP contribution in [0.5, 0.6) is 0 Å². The van der Waals surface area contributed by atoms with Gasteiger partial charge in [0.15, 0.2) is 0 Å². The largest absolute Gasteiger partial charge is 0.399 e. The maximum absolute atomic E-state index is 11.7. The zero-order valence-corrected chi connectivity index (χ0v) is 12.2. The van der Waals surface area contributed by atoms with E-state index in [0.29, 0.717) is 31.6 Å². The summed E-state index contributed by atoms with van der Waals surface area (Å²) in [5, 5.41) is 12.7. The summed E-state index contributed by atoms with van der Waals surface area (Å²) in [5.74, 6) is -0.0786. The van der Waals surface area contributed by atoms with Crippen LogP contribution >= 0.6 is 0 Å². The minimum atomic E-state index is -0.942. The molecule has 1 amide bonds. The van der Waals surface area contributed by atoms with Gasteiger partial charge in [0, 0.05) is 38.8 Å². The van der Waals surface area contributed by atoms with Crippen LogP contribution in [0.1, 0.15) is 25.3 Å². The fourth-order valence-electron chi connectivity index (χ4n) is 1.79. The third kappa shape index (κ3) is 6.54. The number of nitrogens with two attached hydrogens (primary N) is 1. The van der Waals surface area contributed by atoms with Crippen molar-refractivity contribution in [1.29, 1.82) is 0 Å². The monoisotopic (exact) mass is 280 g/mol. The Bertz CT molecular complexity index is 433. The van der Waals surface area contributed by atoms with Gasteiger partial charge in [-0.15, -0.1) is 0 Å². The van der Waals surface area contributed by atoms with Gasteiger partial charge < -0.3 is 20.9 Å². The number of rotatable bonds is 8. The zero-order chi connectivity index (χ0) is 15.0. The number of amides is 1. The molecule has 0 saturated heterocycles. The number of methoxy groups -OCH3 is 1. The molecule has 0 aromatic heterocycles. The SMILES string of the molecule is COCCC(C)(O)CNC(=O)CCc1cccc(N)c1. The maximum Gasteiger partial charge on any atom is 0.220 e. The van der Waals surface area contributed by atoms with Crippen molar-refractivity contribution < 1.29 is 14.6 Å². The number of anilines is 1. The third-order valence-electron chi connectivity index (χ3n) is 3.10. The lowest BCUT2D eigenvalue weighted by Gasteiger charge is -2.23. The van der Waals surface area contributed by atoms with Crippen LogP contribution in [0, 0.1) is 0 Å². The smallest absolute Gasteiger partial charge is 0.220 e. The fraction of sp³-hybridized carbons (Fsp3) is 0.533. The first-order valence-corrected chi connectivity index (χ1v) is 6.75. The second-order valence-corrected chi connectivity index (χ2v) is 5.26. The summed E-state index contributed by atoms with van der Waals surface area (Å²) in [5.41, 5.74) is 6.47. The summed E-state index contributed by atoms with van der Waals surface area (Å²) in [4.78, 5) is 11.7. The zero-order valence-electron chi connectivity index (χ0n) is 12.2. The number of aliphatic hydroxyl groups is 1. The Morgan fingerprint density at radius 1 is 1.50 bits per heavy atom. The Morgan fingerprint density at radius 3 is 2.90 bits per heavy atom. The topological polar surface area (TPSA) is 84.6 Å². The number of nitrogen functional groups attached to an aromatic ring is 1. The molecule has 1 aromatic rings. The molecule has 0 aliphatic rings. The number of nitrogens with one attached hydrogen (secondary N) is 1. The molecule has 0 aliphatic carbocycles. The predicted octanol–water partition coefficient (Wildman–Crippen LogP) is 1.11. The number of ether oxygens (including phenoxy) is 1. The molecule has 1 atom stereocenters. The van der Waals surface area contributed by atoms with Gasteiger partial charge in [0.05, 0.1) is 5.60 Å². The van der Waals surface area contributed by atoms with Crippen molar-refractivity contribution in [3.05, 3.63) is 29.8 Å². The molecule has 20 heavy (non-hydrogen) atoms.